The Bertz CT molecular complexity index is 348. The second-order valence-corrected chi connectivity index (χ2v) is 4.58. The van der Waals surface area contributed by atoms with Crippen LogP contribution in [0.15, 0.2) is 30.3 Å². The Morgan fingerprint density at radius 1 is 1.18 bits per heavy atom. The minimum absolute atomic E-state index is 0.278. The van der Waals surface area contributed by atoms with Gasteiger partial charge in [-0.05, 0) is 26.4 Å². The maximum atomic E-state index is 5.76. The summed E-state index contributed by atoms with van der Waals surface area (Å²) in [5, 5.41) is 0. The number of benzene rings is 1. The van der Waals surface area contributed by atoms with E-state index in [9.17, 15) is 0 Å². The molecule has 1 heterocycles. The van der Waals surface area contributed by atoms with Gasteiger partial charge >= 0.3 is 0 Å². The number of likely N-dealkylation sites (N-methyl/N-ethyl adjacent to an activating group) is 1. The van der Waals surface area contributed by atoms with Crippen molar-refractivity contribution in [3.8, 4) is 0 Å². The summed E-state index contributed by atoms with van der Waals surface area (Å²) in [5.74, 6) is -0.646. The van der Waals surface area contributed by atoms with E-state index in [1.54, 1.807) is 14.2 Å². The van der Waals surface area contributed by atoms with Crippen molar-refractivity contribution in [3.63, 3.8) is 0 Å². The highest BCUT2D eigenvalue weighted by Crippen LogP contribution is 2.37. The summed E-state index contributed by atoms with van der Waals surface area (Å²) in [6.07, 6.45) is 2.30. The Balaban J connectivity index is 2.38. The van der Waals surface area contributed by atoms with Crippen molar-refractivity contribution < 1.29 is 9.47 Å². The predicted octanol–water partition coefficient (Wildman–Crippen LogP) is 2.23. The van der Waals surface area contributed by atoms with Crippen LogP contribution in [0.4, 0.5) is 0 Å². The fraction of sp³-hybridized carbons (Fsp3) is 0.571. The molecule has 1 saturated heterocycles. The van der Waals surface area contributed by atoms with Gasteiger partial charge in [0.25, 0.3) is 0 Å². The molecule has 3 nitrogen and oxygen atoms in total. The van der Waals surface area contributed by atoms with Crippen LogP contribution in [0.2, 0.25) is 0 Å². The van der Waals surface area contributed by atoms with Crippen LogP contribution in [-0.2, 0) is 15.3 Å². The van der Waals surface area contributed by atoms with Gasteiger partial charge in [-0.1, -0.05) is 30.3 Å². The standard InChI is InChI=1S/C14H21NO2/c1-15-11-7-10-13(15)14(16-2,17-3)12-8-5-4-6-9-12/h4-6,8-9,13H,7,10-11H2,1-3H3. The van der Waals surface area contributed by atoms with Gasteiger partial charge in [0.05, 0.1) is 6.04 Å². The van der Waals surface area contributed by atoms with E-state index in [2.05, 4.69) is 24.1 Å². The molecule has 94 valence electrons. The van der Waals surface area contributed by atoms with Crippen LogP contribution in [0, 0.1) is 0 Å². The molecule has 1 aromatic carbocycles. The fourth-order valence-electron chi connectivity index (χ4n) is 2.84. The average molecular weight is 235 g/mol. The first-order chi connectivity index (χ1) is 8.24. The van der Waals surface area contributed by atoms with E-state index in [-0.39, 0.29) is 6.04 Å². The summed E-state index contributed by atoms with van der Waals surface area (Å²) < 4.78 is 11.5. The molecule has 17 heavy (non-hydrogen) atoms. The zero-order chi connectivity index (χ0) is 12.3. The van der Waals surface area contributed by atoms with Gasteiger partial charge in [-0.15, -0.1) is 0 Å². The number of likely N-dealkylation sites (tertiary alicyclic amines) is 1. The molecule has 0 amide bonds. The molecule has 0 N–H and O–H groups in total. The van der Waals surface area contributed by atoms with Crippen LogP contribution in [0.1, 0.15) is 18.4 Å². The number of methoxy groups -OCH3 is 2. The van der Waals surface area contributed by atoms with Gasteiger partial charge in [0.2, 0.25) is 5.79 Å². The van der Waals surface area contributed by atoms with Crippen LogP contribution in [-0.4, -0.2) is 38.8 Å². The van der Waals surface area contributed by atoms with Crippen molar-refractivity contribution in [1.29, 1.82) is 0 Å². The molecule has 1 atom stereocenters. The van der Waals surface area contributed by atoms with E-state index in [4.69, 9.17) is 9.47 Å². The van der Waals surface area contributed by atoms with E-state index < -0.39 is 5.79 Å². The molecule has 1 aromatic rings. The average Bonchev–Trinajstić information content (AvgIpc) is 2.80. The summed E-state index contributed by atoms with van der Waals surface area (Å²) >= 11 is 0. The summed E-state index contributed by atoms with van der Waals surface area (Å²) in [6.45, 7) is 1.10. The Morgan fingerprint density at radius 3 is 2.29 bits per heavy atom. The molecule has 0 bridgehead atoms. The third-order valence-corrected chi connectivity index (χ3v) is 3.74. The maximum Gasteiger partial charge on any atom is 0.210 e. The van der Waals surface area contributed by atoms with Crippen molar-refractivity contribution in [1.82, 2.24) is 4.90 Å². The molecule has 3 heteroatoms. The van der Waals surface area contributed by atoms with Crippen LogP contribution >= 0.6 is 0 Å². The van der Waals surface area contributed by atoms with E-state index in [0.717, 1.165) is 18.5 Å². The van der Waals surface area contributed by atoms with E-state index in [1.165, 1.54) is 6.42 Å². The molecule has 0 aliphatic carbocycles. The molecule has 0 aromatic heterocycles. The lowest BCUT2D eigenvalue weighted by atomic mass is 9.95. The van der Waals surface area contributed by atoms with Crippen LogP contribution < -0.4 is 0 Å². The lowest BCUT2D eigenvalue weighted by molar-refractivity contribution is -0.247. The van der Waals surface area contributed by atoms with E-state index >= 15 is 0 Å². The van der Waals surface area contributed by atoms with Crippen molar-refractivity contribution in [3.05, 3.63) is 35.9 Å². The van der Waals surface area contributed by atoms with Crippen molar-refractivity contribution >= 4 is 0 Å². The number of nitrogens with zero attached hydrogens (tertiary/aromatic N) is 1. The van der Waals surface area contributed by atoms with Gasteiger partial charge in [-0.2, -0.15) is 0 Å². The highest BCUT2D eigenvalue weighted by molar-refractivity contribution is 5.23. The minimum Gasteiger partial charge on any atom is -0.348 e. The first-order valence-electron chi connectivity index (χ1n) is 6.10. The number of ether oxygens (including phenoxy) is 2. The fourth-order valence-corrected chi connectivity index (χ4v) is 2.84. The molecular formula is C14H21NO2. The molecule has 0 saturated carbocycles. The highest BCUT2D eigenvalue weighted by atomic mass is 16.7. The third kappa shape index (κ3) is 2.10. The largest absolute Gasteiger partial charge is 0.348 e. The molecule has 1 unspecified atom stereocenters. The van der Waals surface area contributed by atoms with E-state index in [0.29, 0.717) is 0 Å². The van der Waals surface area contributed by atoms with Gasteiger partial charge < -0.3 is 9.47 Å². The summed E-state index contributed by atoms with van der Waals surface area (Å²) in [7, 11) is 5.58. The Kier molecular flexibility index (Phi) is 3.82. The highest BCUT2D eigenvalue weighted by Gasteiger charge is 2.45. The second-order valence-electron chi connectivity index (χ2n) is 4.58. The van der Waals surface area contributed by atoms with Crippen molar-refractivity contribution in [2.45, 2.75) is 24.7 Å². The Morgan fingerprint density at radius 2 is 1.82 bits per heavy atom. The number of hydrogen-bond acceptors (Lipinski definition) is 3. The third-order valence-electron chi connectivity index (χ3n) is 3.74. The molecule has 2 rings (SSSR count). The summed E-state index contributed by atoms with van der Waals surface area (Å²) in [6, 6.07) is 10.5. The summed E-state index contributed by atoms with van der Waals surface area (Å²) in [5.41, 5.74) is 1.09. The lowest BCUT2D eigenvalue weighted by Gasteiger charge is -2.39. The number of rotatable bonds is 4. The van der Waals surface area contributed by atoms with Gasteiger partial charge in [-0.25, -0.2) is 0 Å². The first kappa shape index (κ1) is 12.6. The molecule has 0 radical (unpaired) electrons. The lowest BCUT2D eigenvalue weighted by Crippen LogP contribution is -2.48. The second kappa shape index (κ2) is 5.17. The molecule has 0 spiro atoms. The zero-order valence-electron chi connectivity index (χ0n) is 10.8. The van der Waals surface area contributed by atoms with Crippen molar-refractivity contribution in [2.24, 2.45) is 0 Å². The van der Waals surface area contributed by atoms with Gasteiger partial charge in [0.15, 0.2) is 0 Å². The monoisotopic (exact) mass is 235 g/mol. The Hall–Kier alpha value is -0.900. The topological polar surface area (TPSA) is 21.7 Å². The van der Waals surface area contributed by atoms with Crippen LogP contribution in [0.3, 0.4) is 0 Å². The molecule has 1 aliphatic heterocycles. The predicted molar refractivity (Wildman–Crippen MR) is 67.8 cm³/mol. The van der Waals surface area contributed by atoms with Crippen molar-refractivity contribution in [2.75, 3.05) is 27.8 Å². The maximum absolute atomic E-state index is 5.76. The first-order valence-corrected chi connectivity index (χ1v) is 6.10. The van der Waals surface area contributed by atoms with Gasteiger partial charge in [-0.3, -0.25) is 4.90 Å². The smallest absolute Gasteiger partial charge is 0.210 e. The normalized spacial score (nSPS) is 21.9. The quantitative estimate of drug-likeness (QED) is 0.747. The number of hydrogen-bond donors (Lipinski definition) is 0. The molecular weight excluding hydrogens is 214 g/mol. The molecule has 1 aliphatic rings. The van der Waals surface area contributed by atoms with Crippen LogP contribution in [0.5, 0.6) is 0 Å². The van der Waals surface area contributed by atoms with Crippen LogP contribution in [0.25, 0.3) is 0 Å². The van der Waals surface area contributed by atoms with Gasteiger partial charge in [0, 0.05) is 19.8 Å². The van der Waals surface area contributed by atoms with Gasteiger partial charge in [0.1, 0.15) is 0 Å². The Labute approximate surface area is 103 Å². The minimum atomic E-state index is -0.646. The SMILES string of the molecule is COC(OC)(c1ccccc1)C1CCCN1C. The molecule has 1 fully saturated rings. The summed E-state index contributed by atoms with van der Waals surface area (Å²) in [4.78, 5) is 2.32. The zero-order valence-corrected chi connectivity index (χ0v) is 10.8. The van der Waals surface area contributed by atoms with E-state index in [1.807, 2.05) is 18.2 Å².